The van der Waals surface area contributed by atoms with Crippen molar-refractivity contribution in [2.45, 2.75) is 128 Å². The molecule has 580 valence electrons. The number of thioether (sulfide) groups is 1. The molecular formula is C67H103N19O18S. The van der Waals surface area contributed by atoms with Crippen LogP contribution in [-0.2, 0) is 84.8 Å². The van der Waals surface area contributed by atoms with Crippen LogP contribution in [0.15, 0.2) is 43.0 Å². The van der Waals surface area contributed by atoms with Gasteiger partial charge in [-0.2, -0.15) is 11.8 Å². The summed E-state index contributed by atoms with van der Waals surface area (Å²) in [5.41, 5.74) is 13.3. The van der Waals surface area contributed by atoms with Crippen molar-refractivity contribution < 1.29 is 87.2 Å². The van der Waals surface area contributed by atoms with Gasteiger partial charge in [-0.1, -0.05) is 45.9 Å². The van der Waals surface area contributed by atoms with Gasteiger partial charge in [-0.05, 0) is 80.9 Å². The molecule has 1 unspecified atom stereocenters. The van der Waals surface area contributed by atoms with Gasteiger partial charge in [0.1, 0.15) is 42.2 Å². The Balaban J connectivity index is 1.32. The van der Waals surface area contributed by atoms with E-state index in [0.717, 1.165) is 6.42 Å². The molecule has 37 nitrogen and oxygen atoms in total. The summed E-state index contributed by atoms with van der Waals surface area (Å²) in [5, 5.41) is 52.3. The van der Waals surface area contributed by atoms with E-state index in [1.165, 1.54) is 36.1 Å². The smallest absolute Gasteiger partial charge is 0.317 e. The molecule has 4 heterocycles. The molecule has 3 aromatic rings. The van der Waals surface area contributed by atoms with Crippen LogP contribution in [0.1, 0.15) is 84.4 Å². The van der Waals surface area contributed by atoms with Gasteiger partial charge in [-0.3, -0.25) is 96.8 Å². The van der Waals surface area contributed by atoms with Crippen molar-refractivity contribution in [1.29, 1.82) is 0 Å². The van der Waals surface area contributed by atoms with E-state index in [2.05, 4.69) is 62.8 Å². The van der Waals surface area contributed by atoms with Crippen LogP contribution in [0.3, 0.4) is 0 Å². The van der Waals surface area contributed by atoms with Gasteiger partial charge in [-0.25, -0.2) is 4.98 Å². The molecule has 0 spiro atoms. The lowest BCUT2D eigenvalue weighted by molar-refractivity contribution is -0.144. The number of amides is 12. The number of benzene rings is 1. The van der Waals surface area contributed by atoms with Crippen LogP contribution in [0.2, 0.25) is 0 Å². The average Bonchev–Trinajstić information content (AvgIpc) is 1.73. The SMILES string of the molecule is CSCC[C@H](N)C(=O)NC(=O)[C@H](CC(C)C)NC(=O)[C@H](Cc1c[nH]cn1)NC(=O)CNC(=O)[C@@H](NC(=O)[C@H](C)NC(=O)[C@H](Cc1c[nH]c2ccccc12)NC(=O)[C@H](CC(C(N)=O)C(=O)N1CCCCC1)NC(=O)CNC(=O)CN1CCN(CC(=O)O)CCN(CC(=O)O)CCN(CC(=O)O)CC1)C(C)C. The number of fused-ring (bicyclic) bond motifs is 1. The number of carboxylic acid groups (broad SMARTS) is 3. The number of carbonyl (C=O) groups is 15. The number of nitrogens with one attached hydrogen (secondary N) is 11. The monoisotopic (exact) mass is 1490 g/mol. The molecule has 2 aliphatic heterocycles. The summed E-state index contributed by atoms with van der Waals surface area (Å²) in [6.45, 7) is 6.29. The van der Waals surface area contributed by atoms with Gasteiger partial charge in [-0.15, -0.1) is 0 Å². The van der Waals surface area contributed by atoms with Crippen LogP contribution in [0.4, 0.5) is 0 Å². The minimum Gasteiger partial charge on any atom is -0.480 e. The largest absolute Gasteiger partial charge is 0.480 e. The van der Waals surface area contributed by atoms with E-state index in [0.29, 0.717) is 47.2 Å². The minimum atomic E-state index is -1.81. The fourth-order valence-corrected chi connectivity index (χ4v) is 12.3. The van der Waals surface area contributed by atoms with Gasteiger partial charge in [0.25, 0.3) is 0 Å². The molecule has 8 atom stereocenters. The van der Waals surface area contributed by atoms with E-state index in [1.807, 2.05) is 6.26 Å². The topological polar surface area (TPSA) is 538 Å². The van der Waals surface area contributed by atoms with Gasteiger partial charge >= 0.3 is 17.9 Å². The first-order chi connectivity index (χ1) is 49.8. The summed E-state index contributed by atoms with van der Waals surface area (Å²) >= 11 is 1.47. The maximum atomic E-state index is 14.9. The van der Waals surface area contributed by atoms with Crippen molar-refractivity contribution >= 4 is 111 Å². The van der Waals surface area contributed by atoms with Crippen molar-refractivity contribution in [2.75, 3.05) is 117 Å². The Hall–Kier alpha value is -9.63. The van der Waals surface area contributed by atoms with E-state index in [1.54, 1.807) is 77.8 Å². The number of nitrogens with two attached hydrogens (primary N) is 2. The normalized spacial score (nSPS) is 16.8. The minimum absolute atomic E-state index is 0.0674. The first kappa shape index (κ1) is 86.0. The van der Waals surface area contributed by atoms with Crippen LogP contribution in [0.5, 0.6) is 0 Å². The van der Waals surface area contributed by atoms with Crippen LogP contribution in [0, 0.1) is 17.8 Å². The molecule has 18 N–H and O–H groups in total. The maximum absolute atomic E-state index is 14.9. The second-order valence-electron chi connectivity index (χ2n) is 26.9. The Bertz CT molecular complexity index is 3450. The van der Waals surface area contributed by atoms with E-state index < -0.39 is 182 Å². The third-order valence-electron chi connectivity index (χ3n) is 17.6. The Morgan fingerprint density at radius 2 is 1.07 bits per heavy atom. The quantitative estimate of drug-likeness (QED) is 0.0239. The summed E-state index contributed by atoms with van der Waals surface area (Å²) in [4.78, 5) is 220. The number of hydrogen-bond donors (Lipinski definition) is 16. The Morgan fingerprint density at radius 1 is 0.552 bits per heavy atom. The summed E-state index contributed by atoms with van der Waals surface area (Å²) in [6, 6.07) is -2.79. The molecule has 2 aromatic heterocycles. The number of aromatic nitrogens is 3. The molecule has 38 heteroatoms. The molecule has 2 saturated heterocycles. The number of primary amides is 1. The lowest BCUT2D eigenvalue weighted by Crippen LogP contribution is -2.60. The van der Waals surface area contributed by atoms with E-state index in [4.69, 9.17) is 11.5 Å². The Kier molecular flexibility index (Phi) is 35.7. The standard InChI is InChI=1S/C67H103N19O18S/c1-39(2)26-48(65(102)81-61(98)46(68)14-25-105-6)78-63(100)50(28-43-31-70-38-74-43)76-53(88)33-73-66(103)58(40(3)4)80-60(97)41(5)75-62(99)49(27-42-30-71-47-13-9-8-12-44(42)47)79-64(101)51(29-45(59(69)96)67(104)86-15-10-7-11-16-86)77-52(87)32-72-54(89)34-82-17-19-83(35-55(90)91)21-23-85(37-57(94)95)24-22-84(20-18-82)36-56(92)93/h8-9,12-13,30-31,38-41,45-46,48-51,58,71H,7,10-11,14-29,32-37,68H2,1-6H3,(H2,69,96)(H,70,74)(H,72,89)(H,73,103)(H,75,99)(H,76,88)(H,77,87)(H,78,100)(H,79,101)(H,80,97)(H,90,91)(H,92,93)(H,94,95)(H,81,98,102)/t41-,45?,46-,48-,49-,50-,51-,58-/m0/s1. The molecule has 12 amide bonds. The highest BCUT2D eigenvalue weighted by Crippen LogP contribution is 2.21. The second kappa shape index (κ2) is 43.6. The number of piperidine rings is 1. The number of nitrogens with zero attached hydrogens (tertiary/aromatic N) is 6. The third kappa shape index (κ3) is 30.2. The van der Waals surface area contributed by atoms with Crippen molar-refractivity contribution in [1.82, 2.24) is 87.3 Å². The number of H-pyrrole nitrogens is 2. The van der Waals surface area contributed by atoms with E-state index >= 15 is 0 Å². The number of aliphatic carboxylic acids is 3. The predicted molar refractivity (Wildman–Crippen MR) is 382 cm³/mol. The lowest BCUT2D eigenvalue weighted by atomic mass is 9.95. The van der Waals surface area contributed by atoms with Gasteiger partial charge in [0.15, 0.2) is 0 Å². The fraction of sp³-hybridized carbons (Fsp3) is 0.612. The molecule has 2 aliphatic rings. The molecular weight excluding hydrogens is 1390 g/mol. The molecule has 0 bridgehead atoms. The Morgan fingerprint density at radius 3 is 1.60 bits per heavy atom. The molecule has 0 saturated carbocycles. The first-order valence-corrected chi connectivity index (χ1v) is 36.3. The second-order valence-corrected chi connectivity index (χ2v) is 27.9. The molecule has 2 fully saturated rings. The molecule has 0 radical (unpaired) electrons. The molecule has 5 rings (SSSR count). The number of carbonyl (C=O) groups excluding carboxylic acids is 12. The number of para-hydroxylation sites is 1. The lowest BCUT2D eigenvalue weighted by Gasteiger charge is -2.32. The summed E-state index contributed by atoms with van der Waals surface area (Å²) in [5.74, 6) is -16.0. The molecule has 1 aromatic carbocycles. The fourth-order valence-electron chi connectivity index (χ4n) is 11.8. The Labute approximate surface area is 612 Å². The van der Waals surface area contributed by atoms with E-state index in [-0.39, 0.29) is 97.2 Å². The third-order valence-corrected chi connectivity index (χ3v) is 18.2. The summed E-state index contributed by atoms with van der Waals surface area (Å²) in [6.07, 6.45) is 7.51. The predicted octanol–water partition coefficient (Wildman–Crippen LogP) is -4.76. The number of aromatic amines is 2. The van der Waals surface area contributed by atoms with Gasteiger partial charge < -0.3 is 84.2 Å². The van der Waals surface area contributed by atoms with Gasteiger partial charge in [0.05, 0.1) is 57.3 Å². The first-order valence-electron chi connectivity index (χ1n) is 34.9. The zero-order valence-corrected chi connectivity index (χ0v) is 61.0. The van der Waals surface area contributed by atoms with Crippen molar-refractivity contribution in [2.24, 2.45) is 29.2 Å². The number of imide groups is 1. The number of hydrogen-bond acceptors (Lipinski definition) is 22. The number of imidazole rings is 1. The molecule has 105 heavy (non-hydrogen) atoms. The number of carboxylic acids is 3. The summed E-state index contributed by atoms with van der Waals surface area (Å²) in [7, 11) is 0. The van der Waals surface area contributed by atoms with Crippen molar-refractivity contribution in [3.8, 4) is 0 Å². The van der Waals surface area contributed by atoms with Crippen molar-refractivity contribution in [3.05, 3.63) is 54.2 Å². The maximum Gasteiger partial charge on any atom is 0.317 e. The van der Waals surface area contributed by atoms with Crippen LogP contribution in [-0.4, -0.2) is 303 Å². The zero-order chi connectivity index (χ0) is 77.4. The number of rotatable bonds is 39. The molecule has 0 aliphatic carbocycles. The van der Waals surface area contributed by atoms with Gasteiger partial charge in [0, 0.05) is 102 Å². The average molecular weight is 1490 g/mol. The van der Waals surface area contributed by atoms with Gasteiger partial charge in [0.2, 0.25) is 70.9 Å². The number of likely N-dealkylation sites (tertiary alicyclic amines) is 1. The van der Waals surface area contributed by atoms with E-state index in [9.17, 15) is 87.2 Å². The highest BCUT2D eigenvalue weighted by molar-refractivity contribution is 7.98. The van der Waals surface area contributed by atoms with Crippen molar-refractivity contribution in [3.63, 3.8) is 0 Å². The van der Waals surface area contributed by atoms with Crippen LogP contribution >= 0.6 is 11.8 Å². The zero-order valence-electron chi connectivity index (χ0n) is 60.2. The van der Waals surface area contributed by atoms with Crippen LogP contribution < -0.4 is 59.3 Å². The highest BCUT2D eigenvalue weighted by Gasteiger charge is 2.38. The van der Waals surface area contributed by atoms with Crippen LogP contribution in [0.25, 0.3) is 10.9 Å². The summed E-state index contributed by atoms with van der Waals surface area (Å²) < 4.78 is 0. The highest BCUT2D eigenvalue weighted by atomic mass is 32.2.